The fourth-order valence-electron chi connectivity index (χ4n) is 2.07. The van der Waals surface area contributed by atoms with Crippen LogP contribution in [0.15, 0.2) is 18.2 Å². The van der Waals surface area contributed by atoms with Crippen molar-refractivity contribution >= 4 is 17.3 Å². The molecule has 1 aromatic rings. The first kappa shape index (κ1) is 13.7. The SMILES string of the molecule is COCCNCc1ccc(Cl)cc1N(C)C1CC1. The van der Waals surface area contributed by atoms with E-state index in [1.807, 2.05) is 6.07 Å². The first-order valence-corrected chi connectivity index (χ1v) is 6.81. The fraction of sp³-hybridized carbons (Fsp3) is 0.571. The Labute approximate surface area is 114 Å². The third kappa shape index (κ3) is 3.61. The third-order valence-electron chi connectivity index (χ3n) is 3.32. The highest BCUT2D eigenvalue weighted by molar-refractivity contribution is 6.30. The van der Waals surface area contributed by atoms with Crippen molar-refractivity contribution in [2.75, 3.05) is 32.2 Å². The van der Waals surface area contributed by atoms with E-state index in [0.717, 1.165) is 24.7 Å². The van der Waals surface area contributed by atoms with E-state index >= 15 is 0 Å². The molecule has 1 N–H and O–H groups in total. The van der Waals surface area contributed by atoms with Crippen molar-refractivity contribution in [3.63, 3.8) is 0 Å². The Morgan fingerprint density at radius 2 is 2.22 bits per heavy atom. The topological polar surface area (TPSA) is 24.5 Å². The van der Waals surface area contributed by atoms with E-state index in [9.17, 15) is 0 Å². The van der Waals surface area contributed by atoms with Crippen LogP contribution in [0.4, 0.5) is 5.69 Å². The molecule has 2 rings (SSSR count). The minimum atomic E-state index is 0.696. The van der Waals surface area contributed by atoms with Crippen LogP contribution in [0, 0.1) is 0 Å². The second-order valence-corrected chi connectivity index (χ2v) is 5.22. The number of nitrogens with zero attached hydrogens (tertiary/aromatic N) is 1. The number of benzene rings is 1. The number of halogens is 1. The lowest BCUT2D eigenvalue weighted by Crippen LogP contribution is -2.24. The highest BCUT2D eigenvalue weighted by atomic mass is 35.5. The molecule has 4 heteroatoms. The molecular formula is C14H21ClN2O. The molecule has 18 heavy (non-hydrogen) atoms. The van der Waals surface area contributed by atoms with Crippen LogP contribution in [0.1, 0.15) is 18.4 Å². The summed E-state index contributed by atoms with van der Waals surface area (Å²) in [6.45, 7) is 2.46. The highest BCUT2D eigenvalue weighted by Crippen LogP contribution is 2.33. The van der Waals surface area contributed by atoms with E-state index in [2.05, 4.69) is 29.4 Å². The molecule has 1 fully saturated rings. The second kappa shape index (κ2) is 6.41. The minimum Gasteiger partial charge on any atom is -0.383 e. The van der Waals surface area contributed by atoms with Crippen LogP contribution in [-0.4, -0.2) is 33.4 Å². The number of nitrogens with one attached hydrogen (secondary N) is 1. The predicted molar refractivity (Wildman–Crippen MR) is 76.5 cm³/mol. The van der Waals surface area contributed by atoms with Gasteiger partial charge in [-0.1, -0.05) is 17.7 Å². The van der Waals surface area contributed by atoms with E-state index in [0.29, 0.717) is 6.04 Å². The summed E-state index contributed by atoms with van der Waals surface area (Å²) < 4.78 is 5.03. The maximum Gasteiger partial charge on any atom is 0.0587 e. The van der Waals surface area contributed by atoms with Gasteiger partial charge in [-0.25, -0.2) is 0 Å². The molecule has 0 aliphatic heterocycles. The first-order chi connectivity index (χ1) is 8.72. The summed E-state index contributed by atoms with van der Waals surface area (Å²) in [6.07, 6.45) is 2.58. The smallest absolute Gasteiger partial charge is 0.0587 e. The number of hydrogen-bond donors (Lipinski definition) is 1. The molecule has 0 spiro atoms. The van der Waals surface area contributed by atoms with Gasteiger partial charge in [-0.15, -0.1) is 0 Å². The summed E-state index contributed by atoms with van der Waals surface area (Å²) in [4.78, 5) is 2.35. The molecule has 1 saturated carbocycles. The van der Waals surface area contributed by atoms with Crippen molar-refractivity contribution in [2.45, 2.75) is 25.4 Å². The first-order valence-electron chi connectivity index (χ1n) is 6.43. The summed E-state index contributed by atoms with van der Waals surface area (Å²) in [5, 5.41) is 4.19. The van der Waals surface area contributed by atoms with Gasteiger partial charge in [0.05, 0.1) is 6.61 Å². The number of rotatable bonds is 7. The molecular weight excluding hydrogens is 248 g/mol. The summed E-state index contributed by atoms with van der Waals surface area (Å²) in [6, 6.07) is 6.82. The van der Waals surface area contributed by atoms with Gasteiger partial charge in [-0.2, -0.15) is 0 Å². The number of anilines is 1. The molecule has 0 aromatic heterocycles. The summed E-state index contributed by atoms with van der Waals surface area (Å²) in [5.41, 5.74) is 2.54. The molecule has 1 aromatic carbocycles. The van der Waals surface area contributed by atoms with Crippen molar-refractivity contribution in [1.29, 1.82) is 0 Å². The zero-order valence-electron chi connectivity index (χ0n) is 11.1. The Balaban J connectivity index is 2.03. The third-order valence-corrected chi connectivity index (χ3v) is 3.56. The van der Waals surface area contributed by atoms with E-state index in [-0.39, 0.29) is 0 Å². The monoisotopic (exact) mass is 268 g/mol. The van der Waals surface area contributed by atoms with Crippen molar-refractivity contribution in [3.05, 3.63) is 28.8 Å². The van der Waals surface area contributed by atoms with Crippen LogP contribution in [-0.2, 0) is 11.3 Å². The highest BCUT2D eigenvalue weighted by Gasteiger charge is 2.27. The van der Waals surface area contributed by atoms with Gasteiger partial charge in [0, 0.05) is 44.0 Å². The lowest BCUT2D eigenvalue weighted by Gasteiger charge is -2.22. The van der Waals surface area contributed by atoms with Crippen molar-refractivity contribution in [3.8, 4) is 0 Å². The molecule has 0 saturated heterocycles. The van der Waals surface area contributed by atoms with Crippen molar-refractivity contribution < 1.29 is 4.74 Å². The van der Waals surface area contributed by atoms with Gasteiger partial charge in [-0.05, 0) is 30.5 Å². The molecule has 3 nitrogen and oxygen atoms in total. The second-order valence-electron chi connectivity index (χ2n) is 4.78. The number of methoxy groups -OCH3 is 1. The number of ether oxygens (including phenoxy) is 1. The van der Waals surface area contributed by atoms with Crippen LogP contribution >= 0.6 is 11.6 Å². The van der Waals surface area contributed by atoms with Gasteiger partial charge >= 0.3 is 0 Å². The molecule has 0 unspecified atom stereocenters. The van der Waals surface area contributed by atoms with Crippen molar-refractivity contribution in [2.24, 2.45) is 0 Å². The predicted octanol–water partition coefficient (Wildman–Crippen LogP) is 2.67. The maximum atomic E-state index is 6.10. The average Bonchev–Trinajstić information content (AvgIpc) is 3.19. The minimum absolute atomic E-state index is 0.696. The zero-order chi connectivity index (χ0) is 13.0. The van der Waals surface area contributed by atoms with Crippen LogP contribution in [0.25, 0.3) is 0 Å². The normalized spacial score (nSPS) is 14.8. The standard InChI is InChI=1S/C14H21ClN2O/c1-17(13-5-6-13)14-9-12(15)4-3-11(14)10-16-7-8-18-2/h3-4,9,13,16H,5-8,10H2,1-2H3. The Bertz CT molecular complexity index is 393. The maximum absolute atomic E-state index is 6.10. The molecule has 0 radical (unpaired) electrons. The van der Waals surface area contributed by atoms with E-state index in [4.69, 9.17) is 16.3 Å². The van der Waals surface area contributed by atoms with Gasteiger partial charge in [0.2, 0.25) is 0 Å². The lowest BCUT2D eigenvalue weighted by molar-refractivity contribution is 0.199. The molecule has 1 aliphatic carbocycles. The summed E-state index contributed by atoms with van der Waals surface area (Å²) in [5.74, 6) is 0. The van der Waals surface area contributed by atoms with Crippen LogP contribution < -0.4 is 10.2 Å². The Hall–Kier alpha value is -0.770. The quantitative estimate of drug-likeness (QED) is 0.770. The lowest BCUT2D eigenvalue weighted by atomic mass is 10.1. The Kier molecular flexibility index (Phi) is 4.87. The Morgan fingerprint density at radius 3 is 2.89 bits per heavy atom. The Morgan fingerprint density at radius 1 is 1.44 bits per heavy atom. The van der Waals surface area contributed by atoms with E-state index < -0.39 is 0 Å². The summed E-state index contributed by atoms with van der Waals surface area (Å²) in [7, 11) is 3.87. The molecule has 0 atom stereocenters. The van der Waals surface area contributed by atoms with Gasteiger partial charge in [-0.3, -0.25) is 0 Å². The summed E-state index contributed by atoms with van der Waals surface area (Å²) >= 11 is 6.10. The van der Waals surface area contributed by atoms with Gasteiger partial charge in [0.15, 0.2) is 0 Å². The molecule has 1 aliphatic rings. The molecule has 0 amide bonds. The van der Waals surface area contributed by atoms with Gasteiger partial charge in [0.25, 0.3) is 0 Å². The van der Waals surface area contributed by atoms with Gasteiger partial charge < -0.3 is 15.0 Å². The van der Waals surface area contributed by atoms with Crippen molar-refractivity contribution in [1.82, 2.24) is 5.32 Å². The molecule has 0 bridgehead atoms. The molecule has 100 valence electrons. The average molecular weight is 269 g/mol. The van der Waals surface area contributed by atoms with Crippen LogP contribution in [0.5, 0.6) is 0 Å². The molecule has 0 heterocycles. The largest absolute Gasteiger partial charge is 0.383 e. The number of hydrogen-bond acceptors (Lipinski definition) is 3. The zero-order valence-corrected chi connectivity index (χ0v) is 11.8. The van der Waals surface area contributed by atoms with E-state index in [1.54, 1.807) is 7.11 Å². The van der Waals surface area contributed by atoms with Gasteiger partial charge in [0.1, 0.15) is 0 Å². The van der Waals surface area contributed by atoms with E-state index in [1.165, 1.54) is 24.1 Å². The fourth-order valence-corrected chi connectivity index (χ4v) is 2.24. The van der Waals surface area contributed by atoms with Crippen LogP contribution in [0.2, 0.25) is 5.02 Å². The van der Waals surface area contributed by atoms with Crippen LogP contribution in [0.3, 0.4) is 0 Å².